The van der Waals surface area contributed by atoms with E-state index in [9.17, 15) is 0 Å². The second-order valence-electron chi connectivity index (χ2n) is 18.8. The molecule has 5 aromatic carbocycles. The molecule has 52 heavy (non-hydrogen) atoms. The number of rotatable bonds is 4. The third-order valence-electron chi connectivity index (χ3n) is 14.7. The summed E-state index contributed by atoms with van der Waals surface area (Å²) in [7, 11) is 0. The molecule has 9 rings (SSSR count). The SMILES string of the molecule is CC(C)C1(C(C)C)c2cc3c(cc2-c2cc4c(cc21)-c1cc2c(cc1C4(C(C)C)C(C)C)-c1ccc(Br)cc1C2(C)C)C(C)(C)c1cc(Br)ccc1-3. The first-order chi connectivity index (χ1) is 24.4. The van der Waals surface area contributed by atoms with E-state index >= 15 is 0 Å². The van der Waals surface area contributed by atoms with Crippen molar-refractivity contribution in [2.45, 2.75) is 105 Å². The third-order valence-corrected chi connectivity index (χ3v) is 15.7. The van der Waals surface area contributed by atoms with Crippen LogP contribution in [0.25, 0.3) is 44.5 Å². The zero-order valence-electron chi connectivity index (χ0n) is 33.0. The standard InChI is InChI=1S/C50H52Br2/c1-25(2)49(26(3)4)43-21-33-31-15-13-29(51)17-39(31)47(9,10)41(33)19-35(43)37-24-46-38(23-45(37)49)36-20-42-34(22-44(36)50(46,27(5)6)28(7)8)32-16-14-30(52)18-40(32)48(42,11)12/h13-28H,1-12H3. The topological polar surface area (TPSA) is 0 Å². The molecule has 0 N–H and O–H groups in total. The van der Waals surface area contributed by atoms with Crippen molar-refractivity contribution in [1.29, 1.82) is 0 Å². The zero-order chi connectivity index (χ0) is 37.2. The third kappa shape index (κ3) is 3.95. The van der Waals surface area contributed by atoms with Crippen LogP contribution in [0.3, 0.4) is 0 Å². The molecule has 2 heteroatoms. The van der Waals surface area contributed by atoms with Crippen LogP contribution in [0.4, 0.5) is 0 Å². The summed E-state index contributed by atoms with van der Waals surface area (Å²) in [6.07, 6.45) is 0. The number of fused-ring (bicyclic) bond motifs is 12. The summed E-state index contributed by atoms with van der Waals surface area (Å²) in [5.41, 5.74) is 23.0. The largest absolute Gasteiger partial charge is 0.0616 e. The van der Waals surface area contributed by atoms with E-state index in [4.69, 9.17) is 0 Å². The molecule has 0 nitrogen and oxygen atoms in total. The smallest absolute Gasteiger partial charge is 0.0261 e. The molecule has 0 amide bonds. The maximum Gasteiger partial charge on any atom is 0.0261 e. The second kappa shape index (κ2) is 10.8. The first-order valence-electron chi connectivity index (χ1n) is 19.6. The van der Waals surface area contributed by atoms with Crippen molar-refractivity contribution in [3.63, 3.8) is 0 Å². The summed E-state index contributed by atoms with van der Waals surface area (Å²) in [4.78, 5) is 0. The summed E-state index contributed by atoms with van der Waals surface area (Å²) < 4.78 is 2.31. The minimum absolute atomic E-state index is 0.0730. The van der Waals surface area contributed by atoms with Gasteiger partial charge < -0.3 is 0 Å². The summed E-state index contributed by atoms with van der Waals surface area (Å²) >= 11 is 7.60. The molecule has 266 valence electrons. The lowest BCUT2D eigenvalue weighted by molar-refractivity contribution is 0.277. The molecule has 4 aliphatic carbocycles. The Bertz CT molecular complexity index is 2210. The maximum atomic E-state index is 3.80. The van der Waals surface area contributed by atoms with E-state index in [1.54, 1.807) is 0 Å². The molecule has 0 spiro atoms. The van der Waals surface area contributed by atoms with Gasteiger partial charge in [0, 0.05) is 30.6 Å². The second-order valence-corrected chi connectivity index (χ2v) is 20.6. The number of benzene rings is 5. The maximum absolute atomic E-state index is 3.80. The Morgan fingerprint density at radius 3 is 0.827 bits per heavy atom. The molecule has 0 heterocycles. The van der Waals surface area contributed by atoms with E-state index in [1.165, 1.54) is 89.0 Å². The average Bonchev–Trinajstić information content (AvgIpc) is 3.67. The molecule has 4 aliphatic rings. The fraction of sp³-hybridized carbons (Fsp3) is 0.400. The Labute approximate surface area is 329 Å². The van der Waals surface area contributed by atoms with Crippen molar-refractivity contribution < 1.29 is 0 Å². The Balaban J connectivity index is 1.37. The van der Waals surface area contributed by atoms with E-state index in [0.29, 0.717) is 23.7 Å². The molecular weight excluding hydrogens is 760 g/mol. The fourth-order valence-electron chi connectivity index (χ4n) is 12.5. The zero-order valence-corrected chi connectivity index (χ0v) is 36.2. The molecule has 0 atom stereocenters. The Morgan fingerprint density at radius 2 is 0.558 bits per heavy atom. The van der Waals surface area contributed by atoms with Gasteiger partial charge in [0.15, 0.2) is 0 Å². The normalized spacial score (nSPS) is 18.3. The predicted octanol–water partition coefficient (Wildman–Crippen LogP) is 15.0. The number of hydrogen-bond acceptors (Lipinski definition) is 0. The van der Waals surface area contributed by atoms with E-state index < -0.39 is 0 Å². The lowest BCUT2D eigenvalue weighted by atomic mass is 9.61. The van der Waals surface area contributed by atoms with Gasteiger partial charge in [-0.05, 0) is 173 Å². The van der Waals surface area contributed by atoms with Crippen LogP contribution in [0, 0.1) is 23.7 Å². The van der Waals surface area contributed by atoms with Crippen molar-refractivity contribution in [3.05, 3.63) is 126 Å². The lowest BCUT2D eigenvalue weighted by Crippen LogP contribution is -2.38. The highest BCUT2D eigenvalue weighted by atomic mass is 79.9. The first-order valence-corrected chi connectivity index (χ1v) is 21.2. The van der Waals surface area contributed by atoms with E-state index in [-0.39, 0.29) is 21.7 Å². The highest BCUT2D eigenvalue weighted by Gasteiger charge is 2.54. The molecule has 0 aromatic heterocycles. The minimum Gasteiger partial charge on any atom is -0.0616 e. The van der Waals surface area contributed by atoms with Crippen LogP contribution in [0.5, 0.6) is 0 Å². The van der Waals surface area contributed by atoms with Gasteiger partial charge in [0.2, 0.25) is 0 Å². The molecule has 0 saturated carbocycles. The van der Waals surface area contributed by atoms with Crippen LogP contribution < -0.4 is 0 Å². The number of hydrogen-bond donors (Lipinski definition) is 0. The Kier molecular flexibility index (Phi) is 7.26. The van der Waals surface area contributed by atoms with Gasteiger partial charge in [0.1, 0.15) is 0 Å². The molecule has 0 bridgehead atoms. The van der Waals surface area contributed by atoms with E-state index in [0.717, 1.165) is 8.95 Å². The van der Waals surface area contributed by atoms with Crippen LogP contribution in [-0.4, -0.2) is 0 Å². The molecule has 5 aromatic rings. The minimum atomic E-state index is -0.101. The van der Waals surface area contributed by atoms with E-state index in [1.807, 2.05) is 0 Å². The summed E-state index contributed by atoms with van der Waals surface area (Å²) in [6.45, 7) is 29.5. The molecule has 0 radical (unpaired) electrons. The van der Waals surface area contributed by atoms with Crippen LogP contribution in [0.2, 0.25) is 0 Å². The average molecular weight is 813 g/mol. The van der Waals surface area contributed by atoms with Crippen molar-refractivity contribution in [1.82, 2.24) is 0 Å². The summed E-state index contributed by atoms with van der Waals surface area (Å²) in [5, 5.41) is 0. The first kappa shape index (κ1) is 34.8. The molecule has 0 unspecified atom stereocenters. The summed E-state index contributed by atoms with van der Waals surface area (Å²) in [6, 6.07) is 29.8. The van der Waals surface area contributed by atoms with Crippen molar-refractivity contribution in [2.75, 3.05) is 0 Å². The fourth-order valence-corrected chi connectivity index (χ4v) is 13.2. The van der Waals surface area contributed by atoms with Crippen LogP contribution in [-0.2, 0) is 21.7 Å². The van der Waals surface area contributed by atoms with Gasteiger partial charge in [-0.2, -0.15) is 0 Å². The van der Waals surface area contributed by atoms with Crippen LogP contribution in [0.1, 0.15) is 128 Å². The quantitative estimate of drug-likeness (QED) is 0.170. The monoisotopic (exact) mass is 810 g/mol. The van der Waals surface area contributed by atoms with Gasteiger partial charge in [-0.15, -0.1) is 0 Å². The summed E-state index contributed by atoms with van der Waals surface area (Å²) in [5.74, 6) is 1.70. The molecule has 0 aliphatic heterocycles. The highest BCUT2D eigenvalue weighted by Crippen LogP contribution is 2.66. The van der Waals surface area contributed by atoms with E-state index in [2.05, 4.69) is 188 Å². The van der Waals surface area contributed by atoms with Gasteiger partial charge in [-0.3, -0.25) is 0 Å². The van der Waals surface area contributed by atoms with Gasteiger partial charge in [0.25, 0.3) is 0 Å². The Hall–Kier alpha value is -2.94. The lowest BCUT2D eigenvalue weighted by Gasteiger charge is -2.42. The molecular formula is C50H52Br2. The van der Waals surface area contributed by atoms with Crippen LogP contribution >= 0.6 is 31.9 Å². The van der Waals surface area contributed by atoms with Crippen LogP contribution in [0.15, 0.2) is 81.7 Å². The van der Waals surface area contributed by atoms with Gasteiger partial charge >= 0.3 is 0 Å². The Morgan fingerprint density at radius 1 is 0.327 bits per heavy atom. The van der Waals surface area contributed by atoms with Crippen molar-refractivity contribution in [3.8, 4) is 44.5 Å². The predicted molar refractivity (Wildman–Crippen MR) is 229 cm³/mol. The van der Waals surface area contributed by atoms with Crippen molar-refractivity contribution >= 4 is 31.9 Å². The van der Waals surface area contributed by atoms with Crippen molar-refractivity contribution in [2.24, 2.45) is 23.7 Å². The molecule has 0 saturated heterocycles. The highest BCUT2D eigenvalue weighted by molar-refractivity contribution is 9.10. The molecule has 0 fully saturated rings. The number of halogens is 2. The van der Waals surface area contributed by atoms with Gasteiger partial charge in [0.05, 0.1) is 0 Å². The van der Waals surface area contributed by atoms with Gasteiger partial charge in [-0.1, -0.05) is 127 Å². The van der Waals surface area contributed by atoms with Gasteiger partial charge in [-0.25, -0.2) is 0 Å².